The molecule has 0 fully saturated rings. The topological polar surface area (TPSA) is 124 Å². The molecule has 3 aliphatic rings. The van der Waals surface area contributed by atoms with Gasteiger partial charge in [-0.25, -0.2) is 33.1 Å². The van der Waals surface area contributed by atoms with Crippen LogP contribution < -0.4 is 30.2 Å². The van der Waals surface area contributed by atoms with E-state index < -0.39 is 6.43 Å². The second kappa shape index (κ2) is 19.6. The fraction of sp³-hybridized carbons (Fsp3) is 0.289. The van der Waals surface area contributed by atoms with E-state index in [4.69, 9.17) is 52.1 Å². The summed E-state index contributed by atoms with van der Waals surface area (Å²) in [5, 5.41) is 11.2. The molecule has 3 N–H and O–H groups in total. The maximum atomic E-state index is 14.2. The summed E-state index contributed by atoms with van der Waals surface area (Å²) in [6, 6.07) is 17.5. The van der Waals surface area contributed by atoms with Gasteiger partial charge in [-0.3, -0.25) is 0 Å². The average molecular weight is 905 g/mol. The van der Waals surface area contributed by atoms with E-state index in [1.165, 1.54) is 23.5 Å². The molecule has 3 aliphatic heterocycles. The Morgan fingerprint density at radius 3 is 2.42 bits per heavy atom. The molecule has 6 aromatic rings. The van der Waals surface area contributed by atoms with Crippen molar-refractivity contribution in [3.05, 3.63) is 117 Å². The van der Waals surface area contributed by atoms with Crippen molar-refractivity contribution in [3.63, 3.8) is 0 Å². The van der Waals surface area contributed by atoms with Gasteiger partial charge in [0.25, 0.3) is 0 Å². The number of alkyl halides is 2. The van der Waals surface area contributed by atoms with Gasteiger partial charge in [-0.1, -0.05) is 35.3 Å². The van der Waals surface area contributed by atoms with Gasteiger partial charge in [-0.05, 0) is 84.6 Å². The number of halogens is 5. The third-order valence-electron chi connectivity index (χ3n) is 10.2. The molecule has 0 spiro atoms. The first kappa shape index (κ1) is 43.1. The molecule has 0 amide bonds. The molecule has 6 heterocycles. The van der Waals surface area contributed by atoms with E-state index in [0.717, 1.165) is 54.4 Å². The second-order valence-corrected chi connectivity index (χ2v) is 16.2. The smallest absolute Gasteiger partial charge is 0.239 e. The number of nitrogens with zero attached hydrogens (tertiary/aromatic N) is 4. The van der Waals surface area contributed by atoms with Crippen molar-refractivity contribution in [2.75, 3.05) is 56.8 Å². The Balaban J connectivity index is 1.02. The van der Waals surface area contributed by atoms with E-state index >= 15 is 0 Å². The maximum Gasteiger partial charge on any atom is 0.239 e. The van der Waals surface area contributed by atoms with Crippen LogP contribution in [0.25, 0.3) is 33.0 Å². The van der Waals surface area contributed by atoms with Crippen LogP contribution in [0, 0.1) is 19.7 Å². The third-order valence-corrected chi connectivity index (χ3v) is 12.4. The predicted octanol–water partition coefficient (Wildman–Crippen LogP) is 10.4. The van der Waals surface area contributed by atoms with E-state index in [9.17, 15) is 13.2 Å². The van der Waals surface area contributed by atoms with Crippen molar-refractivity contribution in [1.29, 1.82) is 0 Å². The lowest BCUT2D eigenvalue weighted by Gasteiger charge is -2.22. The highest BCUT2D eigenvalue weighted by molar-refractivity contribution is 7.20. The van der Waals surface area contributed by atoms with E-state index in [-0.39, 0.29) is 45.2 Å². The minimum Gasteiger partial charge on any atom is -0.490 e. The molecule has 9 rings (SSSR count). The van der Waals surface area contributed by atoms with Gasteiger partial charge in [0.2, 0.25) is 12.3 Å². The summed E-state index contributed by atoms with van der Waals surface area (Å²) < 4.78 is 64.1. The van der Waals surface area contributed by atoms with E-state index in [1.54, 1.807) is 30.6 Å². The number of benzene rings is 3. The van der Waals surface area contributed by atoms with Crippen molar-refractivity contribution in [3.8, 4) is 50.2 Å². The molecule has 3 aromatic carbocycles. The number of nitrogens with one attached hydrogen (secondary N) is 3. The molecule has 11 nitrogen and oxygen atoms in total. The summed E-state index contributed by atoms with van der Waals surface area (Å²) in [6.07, 6.45) is 1.31. The van der Waals surface area contributed by atoms with Gasteiger partial charge in [-0.2, -0.15) is 0 Å². The molecule has 0 aliphatic carbocycles. The van der Waals surface area contributed by atoms with Crippen molar-refractivity contribution in [2.45, 2.75) is 39.7 Å². The average Bonchev–Trinajstić information content (AvgIpc) is 3.66. The minimum absolute atomic E-state index is 0.159. The summed E-state index contributed by atoms with van der Waals surface area (Å²) in [4.78, 5) is 19.3. The third kappa shape index (κ3) is 9.71. The summed E-state index contributed by atoms with van der Waals surface area (Å²) in [5.41, 5.74) is 6.99. The summed E-state index contributed by atoms with van der Waals surface area (Å²) >= 11 is 15.6. The molecule has 3 aromatic heterocycles. The Morgan fingerprint density at radius 2 is 1.65 bits per heavy atom. The fourth-order valence-electron chi connectivity index (χ4n) is 7.18. The van der Waals surface area contributed by atoms with Gasteiger partial charge in [0, 0.05) is 66.4 Å². The Hall–Kier alpha value is -5.61. The lowest BCUT2D eigenvalue weighted by atomic mass is 9.90. The van der Waals surface area contributed by atoms with Crippen LogP contribution in [-0.4, -0.2) is 73.4 Å². The Bertz CT molecular complexity index is 2550. The zero-order valence-corrected chi connectivity index (χ0v) is 36.1. The van der Waals surface area contributed by atoms with Gasteiger partial charge < -0.3 is 34.9 Å². The molecule has 0 unspecified atom stereocenters. The first-order valence-corrected chi connectivity index (χ1v) is 21.6. The van der Waals surface area contributed by atoms with Gasteiger partial charge in [0.05, 0.1) is 27.9 Å². The van der Waals surface area contributed by atoms with Gasteiger partial charge >= 0.3 is 0 Å². The Labute approximate surface area is 370 Å². The quantitative estimate of drug-likeness (QED) is 0.102. The zero-order valence-electron chi connectivity index (χ0n) is 33.8. The molecule has 0 saturated heterocycles. The number of anilines is 2. The van der Waals surface area contributed by atoms with Crippen molar-refractivity contribution < 1.29 is 32.1 Å². The number of thiophene rings is 1. The minimum atomic E-state index is -2.31. The fourth-order valence-corrected chi connectivity index (χ4v) is 8.91. The molecule has 0 radical (unpaired) electrons. The van der Waals surface area contributed by atoms with Gasteiger partial charge in [-0.15, -0.1) is 11.3 Å². The van der Waals surface area contributed by atoms with Crippen molar-refractivity contribution in [2.24, 2.45) is 4.99 Å². The van der Waals surface area contributed by atoms with Gasteiger partial charge in [0.15, 0.2) is 11.6 Å². The number of hydrogen-bond acceptors (Lipinski definition) is 12. The Kier molecular flexibility index (Phi) is 13.6. The first-order valence-electron chi connectivity index (χ1n) is 20.0. The highest BCUT2D eigenvalue weighted by atomic mass is 35.5. The summed E-state index contributed by atoms with van der Waals surface area (Å²) in [6.45, 7) is 6.30. The number of aliphatic imine (C=N–C) groups is 1. The van der Waals surface area contributed by atoms with Crippen LogP contribution >= 0.6 is 34.5 Å². The van der Waals surface area contributed by atoms with Crippen molar-refractivity contribution in [1.82, 2.24) is 20.3 Å². The van der Waals surface area contributed by atoms with Crippen LogP contribution in [-0.2, 0) is 17.8 Å². The highest BCUT2D eigenvalue weighted by Gasteiger charge is 2.32. The normalized spacial score (nSPS) is 13.6. The lowest BCUT2D eigenvalue weighted by molar-refractivity contribution is 0.137. The van der Waals surface area contributed by atoms with Crippen LogP contribution in [0.15, 0.2) is 78.0 Å². The lowest BCUT2D eigenvalue weighted by Crippen LogP contribution is -2.24. The van der Waals surface area contributed by atoms with Crippen molar-refractivity contribution >= 4 is 51.3 Å². The Morgan fingerprint density at radius 1 is 0.855 bits per heavy atom. The van der Waals surface area contributed by atoms with Crippen LogP contribution in [0.2, 0.25) is 10.0 Å². The van der Waals surface area contributed by atoms with Gasteiger partial charge in [0.1, 0.15) is 54.6 Å². The van der Waals surface area contributed by atoms with Crippen LogP contribution in [0.5, 0.6) is 17.2 Å². The number of rotatable bonds is 12. The van der Waals surface area contributed by atoms with E-state index in [2.05, 4.69) is 25.9 Å². The zero-order chi connectivity index (χ0) is 43.2. The molecule has 62 heavy (non-hydrogen) atoms. The molecule has 4 bridgehead atoms. The molecule has 0 saturated carbocycles. The van der Waals surface area contributed by atoms with Crippen LogP contribution in [0.3, 0.4) is 0 Å². The summed E-state index contributed by atoms with van der Waals surface area (Å²) in [7, 11) is 0. The number of fused-ring (bicyclic) bond motifs is 7. The monoisotopic (exact) mass is 903 g/mol. The van der Waals surface area contributed by atoms with E-state index in [1.807, 2.05) is 44.2 Å². The van der Waals surface area contributed by atoms with E-state index in [0.29, 0.717) is 76.7 Å². The van der Waals surface area contributed by atoms with Crippen LogP contribution in [0.1, 0.15) is 34.4 Å². The number of aromatic nitrogens is 3. The predicted molar refractivity (Wildman–Crippen MR) is 238 cm³/mol. The van der Waals surface area contributed by atoms with Crippen LogP contribution in [0.4, 0.5) is 24.0 Å². The molecular weight excluding hydrogens is 863 g/mol. The highest BCUT2D eigenvalue weighted by Crippen LogP contribution is 2.53. The molecule has 322 valence electrons. The number of ether oxygens (including phenoxy) is 4. The number of pyridine rings is 1. The molecule has 0 atom stereocenters. The maximum absolute atomic E-state index is 14.2. The second-order valence-electron chi connectivity index (χ2n) is 14.4. The molecular formula is C45H42Cl2F3N7O4S. The largest absolute Gasteiger partial charge is 0.490 e. The SMILES string of the molecule is Cc1c(Cl)c2c(Cl)c(C)c1-c1c(-c3ccc(F)cc3)sc3c1C(=NCN3)OCCc1cc(ccc1OCc1ccnc(-c3ccc(NCCNCCC(F)F)nc3)n1)OCCO2. The number of hydrogen-bond donors (Lipinski definition) is 3. The first-order chi connectivity index (χ1) is 30.1. The summed E-state index contributed by atoms with van der Waals surface area (Å²) in [5.74, 6) is 2.86. The standard InChI is InChI=1S/C45H42Cl2F3N7O4S/c1-25-36-26(2)40(47)41(39(25)46)59-20-19-58-32-8-9-33(61-23-31-11-15-53-43(57-31)29-5-10-35(54-22-29)52-17-16-51-14-12-34(49)50)28(21-32)13-18-60-44-38-37(36)42(62-45(38)56-24-55-44)27-3-6-30(48)7-4-27/h3-11,15,21-22,34,51,56H,12-14,16-20,23-24H2,1-2H3,(H,52,54). The molecule has 17 heteroatoms.